The SMILES string of the molecule is CCNC(=NCc1ccccc1OC(F)F)NCc1nc(C)c(C)s1.I. The van der Waals surface area contributed by atoms with E-state index >= 15 is 0 Å². The van der Waals surface area contributed by atoms with Gasteiger partial charge in [0, 0.05) is 17.0 Å². The van der Waals surface area contributed by atoms with Crippen LogP contribution in [-0.2, 0) is 13.1 Å². The minimum Gasteiger partial charge on any atom is -0.434 e. The summed E-state index contributed by atoms with van der Waals surface area (Å²) < 4.78 is 29.5. The highest BCUT2D eigenvalue weighted by Gasteiger charge is 2.09. The van der Waals surface area contributed by atoms with Crippen molar-refractivity contribution < 1.29 is 13.5 Å². The number of para-hydroxylation sites is 1. The highest BCUT2D eigenvalue weighted by molar-refractivity contribution is 14.0. The zero-order chi connectivity index (χ0) is 18.2. The summed E-state index contributed by atoms with van der Waals surface area (Å²) in [6.07, 6.45) is 0. The van der Waals surface area contributed by atoms with Crippen LogP contribution in [-0.4, -0.2) is 24.1 Å². The summed E-state index contributed by atoms with van der Waals surface area (Å²) >= 11 is 1.64. The number of nitrogens with zero attached hydrogens (tertiary/aromatic N) is 2. The third-order valence-corrected chi connectivity index (χ3v) is 4.49. The Bertz CT molecular complexity index is 705. The van der Waals surface area contributed by atoms with Crippen molar-refractivity contribution in [3.63, 3.8) is 0 Å². The Morgan fingerprint density at radius 2 is 2.00 bits per heavy atom. The molecule has 0 aliphatic heterocycles. The third kappa shape index (κ3) is 7.02. The lowest BCUT2D eigenvalue weighted by Crippen LogP contribution is -2.36. The van der Waals surface area contributed by atoms with Crippen LogP contribution in [0, 0.1) is 13.8 Å². The fourth-order valence-corrected chi connectivity index (χ4v) is 3.00. The van der Waals surface area contributed by atoms with Gasteiger partial charge in [0.05, 0.1) is 18.8 Å². The molecule has 2 rings (SSSR count). The van der Waals surface area contributed by atoms with Gasteiger partial charge in [-0.2, -0.15) is 8.78 Å². The number of hydrogen-bond acceptors (Lipinski definition) is 4. The van der Waals surface area contributed by atoms with Crippen LogP contribution in [0.25, 0.3) is 0 Å². The van der Waals surface area contributed by atoms with Crippen LogP contribution in [0.1, 0.15) is 28.1 Å². The van der Waals surface area contributed by atoms with Gasteiger partial charge < -0.3 is 15.4 Å². The molecule has 144 valence electrons. The predicted molar refractivity (Wildman–Crippen MR) is 112 cm³/mol. The Morgan fingerprint density at radius 1 is 1.27 bits per heavy atom. The molecule has 1 heterocycles. The monoisotopic (exact) mass is 496 g/mol. The largest absolute Gasteiger partial charge is 0.434 e. The Labute approximate surface area is 173 Å². The van der Waals surface area contributed by atoms with Gasteiger partial charge in [0.2, 0.25) is 0 Å². The molecule has 0 bridgehead atoms. The van der Waals surface area contributed by atoms with Crippen molar-refractivity contribution in [1.82, 2.24) is 15.6 Å². The van der Waals surface area contributed by atoms with Crippen LogP contribution in [0.3, 0.4) is 0 Å². The number of alkyl halides is 2. The Hall–Kier alpha value is -1.49. The quantitative estimate of drug-likeness (QED) is 0.342. The standard InChI is InChI=1S/C17H22F2N4OS.HI/c1-4-20-17(22-10-15-23-11(2)12(3)25-15)21-9-13-7-5-6-8-14(13)24-16(18)19;/h5-8,16H,4,9-10H2,1-3H3,(H2,20,21,22);1H. The number of aromatic nitrogens is 1. The first-order valence-corrected chi connectivity index (χ1v) is 8.79. The predicted octanol–water partition coefficient (Wildman–Crippen LogP) is 4.23. The van der Waals surface area contributed by atoms with E-state index in [4.69, 9.17) is 0 Å². The van der Waals surface area contributed by atoms with Gasteiger partial charge in [-0.25, -0.2) is 9.98 Å². The molecule has 1 aromatic carbocycles. The first kappa shape index (κ1) is 22.6. The molecule has 2 N–H and O–H groups in total. The smallest absolute Gasteiger partial charge is 0.387 e. The molecule has 0 spiro atoms. The number of guanidine groups is 1. The Balaban J connectivity index is 0.00000338. The maximum atomic E-state index is 12.5. The minimum atomic E-state index is -2.85. The summed E-state index contributed by atoms with van der Waals surface area (Å²) in [5.41, 5.74) is 1.63. The van der Waals surface area contributed by atoms with Crippen LogP contribution in [0.2, 0.25) is 0 Å². The number of aliphatic imine (C=N–C) groups is 1. The molecule has 0 radical (unpaired) electrons. The minimum absolute atomic E-state index is 0. The van der Waals surface area contributed by atoms with Crippen LogP contribution in [0.15, 0.2) is 29.3 Å². The number of halogens is 3. The molecule has 0 amide bonds. The van der Waals surface area contributed by atoms with E-state index in [1.165, 1.54) is 10.9 Å². The van der Waals surface area contributed by atoms with Gasteiger partial charge >= 0.3 is 6.61 Å². The van der Waals surface area contributed by atoms with E-state index in [1.54, 1.807) is 29.5 Å². The average molecular weight is 496 g/mol. The molecule has 26 heavy (non-hydrogen) atoms. The van der Waals surface area contributed by atoms with E-state index in [1.807, 2.05) is 20.8 Å². The lowest BCUT2D eigenvalue weighted by molar-refractivity contribution is -0.0504. The van der Waals surface area contributed by atoms with Gasteiger partial charge in [0.15, 0.2) is 5.96 Å². The number of ether oxygens (including phenoxy) is 1. The summed E-state index contributed by atoms with van der Waals surface area (Å²) in [4.78, 5) is 10.1. The lowest BCUT2D eigenvalue weighted by Gasteiger charge is -2.12. The molecule has 9 heteroatoms. The summed E-state index contributed by atoms with van der Waals surface area (Å²) in [6, 6.07) is 6.66. The van der Waals surface area contributed by atoms with Crippen molar-refractivity contribution in [1.29, 1.82) is 0 Å². The van der Waals surface area contributed by atoms with E-state index in [9.17, 15) is 8.78 Å². The molecule has 0 aliphatic rings. The number of thiazole rings is 1. The number of nitrogens with one attached hydrogen (secondary N) is 2. The second-order valence-electron chi connectivity index (χ2n) is 5.28. The van der Waals surface area contributed by atoms with E-state index in [0.29, 0.717) is 24.6 Å². The molecular formula is C17H23F2IN4OS. The zero-order valence-corrected chi connectivity index (χ0v) is 18.0. The summed E-state index contributed by atoms with van der Waals surface area (Å²) in [5.74, 6) is 0.739. The van der Waals surface area contributed by atoms with Gasteiger partial charge in [-0.15, -0.1) is 35.3 Å². The second kappa shape index (κ2) is 11.3. The first-order valence-electron chi connectivity index (χ1n) is 7.97. The number of rotatable bonds is 7. The topological polar surface area (TPSA) is 58.5 Å². The average Bonchev–Trinajstić information content (AvgIpc) is 2.89. The molecular weight excluding hydrogens is 473 g/mol. The lowest BCUT2D eigenvalue weighted by atomic mass is 10.2. The molecule has 2 aromatic rings. The molecule has 0 fully saturated rings. The maximum Gasteiger partial charge on any atom is 0.387 e. The van der Waals surface area contributed by atoms with Crippen LogP contribution < -0.4 is 15.4 Å². The van der Waals surface area contributed by atoms with Crippen LogP contribution in [0.5, 0.6) is 5.75 Å². The van der Waals surface area contributed by atoms with E-state index in [2.05, 4.69) is 25.3 Å². The molecule has 0 saturated heterocycles. The summed E-state index contributed by atoms with van der Waals surface area (Å²) in [5, 5.41) is 7.31. The van der Waals surface area contributed by atoms with Crippen molar-refractivity contribution in [3.8, 4) is 5.75 Å². The highest BCUT2D eigenvalue weighted by Crippen LogP contribution is 2.21. The molecule has 0 aliphatic carbocycles. The van der Waals surface area contributed by atoms with E-state index in [-0.39, 0.29) is 36.3 Å². The fraction of sp³-hybridized carbons (Fsp3) is 0.412. The van der Waals surface area contributed by atoms with Gasteiger partial charge in [-0.05, 0) is 26.8 Å². The summed E-state index contributed by atoms with van der Waals surface area (Å²) in [7, 11) is 0. The Kier molecular flexibility index (Phi) is 9.78. The number of aryl methyl sites for hydroxylation is 2. The summed E-state index contributed by atoms with van der Waals surface area (Å²) in [6.45, 7) is 4.60. The van der Waals surface area contributed by atoms with Crippen molar-refractivity contribution in [2.24, 2.45) is 4.99 Å². The number of hydrogen-bond donors (Lipinski definition) is 2. The van der Waals surface area contributed by atoms with E-state index in [0.717, 1.165) is 10.7 Å². The van der Waals surface area contributed by atoms with Crippen LogP contribution >= 0.6 is 35.3 Å². The molecule has 0 atom stereocenters. The molecule has 5 nitrogen and oxygen atoms in total. The molecule has 1 aromatic heterocycles. The maximum absolute atomic E-state index is 12.5. The highest BCUT2D eigenvalue weighted by atomic mass is 127. The Morgan fingerprint density at radius 3 is 2.62 bits per heavy atom. The number of benzene rings is 1. The van der Waals surface area contributed by atoms with Crippen molar-refractivity contribution in [2.75, 3.05) is 6.54 Å². The van der Waals surface area contributed by atoms with Crippen molar-refractivity contribution >= 4 is 41.3 Å². The van der Waals surface area contributed by atoms with Crippen molar-refractivity contribution in [3.05, 3.63) is 45.4 Å². The zero-order valence-electron chi connectivity index (χ0n) is 14.9. The normalized spacial score (nSPS) is 11.2. The first-order chi connectivity index (χ1) is 12.0. The molecule has 0 unspecified atom stereocenters. The van der Waals surface area contributed by atoms with Gasteiger partial charge in [-0.3, -0.25) is 0 Å². The van der Waals surface area contributed by atoms with Gasteiger partial charge in [0.25, 0.3) is 0 Å². The molecule has 0 saturated carbocycles. The van der Waals surface area contributed by atoms with Gasteiger partial charge in [-0.1, -0.05) is 18.2 Å². The second-order valence-corrected chi connectivity index (χ2v) is 6.57. The van der Waals surface area contributed by atoms with Crippen molar-refractivity contribution in [2.45, 2.75) is 40.5 Å². The van der Waals surface area contributed by atoms with E-state index < -0.39 is 6.61 Å². The third-order valence-electron chi connectivity index (χ3n) is 3.42. The van der Waals surface area contributed by atoms with Gasteiger partial charge in [0.1, 0.15) is 10.8 Å². The van der Waals surface area contributed by atoms with Crippen LogP contribution in [0.4, 0.5) is 8.78 Å². The fourth-order valence-electron chi connectivity index (χ4n) is 2.13.